The van der Waals surface area contributed by atoms with Gasteiger partial charge in [-0.2, -0.15) is 0 Å². The van der Waals surface area contributed by atoms with Gasteiger partial charge in [0.05, 0.1) is 6.61 Å². The second kappa shape index (κ2) is 8.64. The Morgan fingerprint density at radius 1 is 1.30 bits per heavy atom. The van der Waals surface area contributed by atoms with Crippen LogP contribution in [0, 0.1) is 5.92 Å². The van der Waals surface area contributed by atoms with Gasteiger partial charge in [-0.3, -0.25) is 0 Å². The molecule has 3 nitrogen and oxygen atoms in total. The van der Waals surface area contributed by atoms with E-state index in [-0.39, 0.29) is 6.10 Å². The Bertz CT molecular complexity index is 415. The highest BCUT2D eigenvalue weighted by Gasteiger charge is 2.13. The zero-order valence-electron chi connectivity index (χ0n) is 13.1. The van der Waals surface area contributed by atoms with Gasteiger partial charge in [-0.05, 0) is 32.4 Å². The van der Waals surface area contributed by atoms with Crippen LogP contribution in [0.4, 0.5) is 0 Å². The Morgan fingerprint density at radius 3 is 2.65 bits per heavy atom. The van der Waals surface area contributed by atoms with Crippen molar-refractivity contribution in [3.8, 4) is 11.5 Å². The first-order chi connectivity index (χ1) is 9.58. The van der Waals surface area contributed by atoms with E-state index in [4.69, 9.17) is 9.47 Å². The zero-order chi connectivity index (χ0) is 15.0. The molecule has 0 heterocycles. The summed E-state index contributed by atoms with van der Waals surface area (Å²) in [6.07, 6.45) is 1.74. The molecule has 3 heteroatoms. The highest BCUT2D eigenvalue weighted by Crippen LogP contribution is 2.32. The van der Waals surface area contributed by atoms with Gasteiger partial charge in [-0.25, -0.2) is 0 Å². The van der Waals surface area contributed by atoms with Gasteiger partial charge in [0.15, 0.2) is 11.5 Å². The van der Waals surface area contributed by atoms with Crippen LogP contribution in [0.5, 0.6) is 11.5 Å². The molecule has 0 aliphatic rings. The fraction of sp³-hybridized carbons (Fsp3) is 0.529. The summed E-state index contributed by atoms with van der Waals surface area (Å²) in [4.78, 5) is 0. The Kier molecular flexibility index (Phi) is 7.16. The largest absolute Gasteiger partial charge is 0.490 e. The number of rotatable bonds is 9. The smallest absolute Gasteiger partial charge is 0.166 e. The number of hydrogen-bond donors (Lipinski definition) is 1. The summed E-state index contributed by atoms with van der Waals surface area (Å²) < 4.78 is 11.6. The van der Waals surface area contributed by atoms with E-state index in [9.17, 15) is 0 Å². The van der Waals surface area contributed by atoms with Crippen LogP contribution in [-0.2, 0) is 6.54 Å². The third-order valence-electron chi connectivity index (χ3n) is 2.86. The molecule has 1 N–H and O–H groups in total. The minimum absolute atomic E-state index is 0.0412. The molecule has 112 valence electrons. The maximum Gasteiger partial charge on any atom is 0.166 e. The van der Waals surface area contributed by atoms with Crippen molar-refractivity contribution in [3.05, 3.63) is 36.4 Å². The van der Waals surface area contributed by atoms with Crippen LogP contribution < -0.4 is 14.8 Å². The van der Waals surface area contributed by atoms with Gasteiger partial charge in [-0.15, -0.1) is 0 Å². The number of nitrogens with one attached hydrogen (secondary N) is 1. The topological polar surface area (TPSA) is 30.5 Å². The maximum absolute atomic E-state index is 5.95. The molecule has 0 aliphatic carbocycles. The first-order valence-corrected chi connectivity index (χ1v) is 7.33. The predicted molar refractivity (Wildman–Crippen MR) is 84.4 cm³/mol. The van der Waals surface area contributed by atoms with Crippen molar-refractivity contribution >= 4 is 0 Å². The molecular formula is C17H27NO2. The van der Waals surface area contributed by atoms with E-state index in [0.717, 1.165) is 30.2 Å². The van der Waals surface area contributed by atoms with Gasteiger partial charge in [0.2, 0.25) is 0 Å². The molecule has 1 aromatic rings. The summed E-state index contributed by atoms with van der Waals surface area (Å²) in [7, 11) is 0. The molecule has 0 aliphatic heterocycles. The van der Waals surface area contributed by atoms with E-state index in [1.54, 1.807) is 6.08 Å². The lowest BCUT2D eigenvalue weighted by Crippen LogP contribution is -2.20. The minimum Gasteiger partial charge on any atom is -0.490 e. The Balaban J connectivity index is 2.89. The van der Waals surface area contributed by atoms with Crippen LogP contribution in [-0.4, -0.2) is 19.3 Å². The predicted octanol–water partition coefficient (Wildman–Crippen LogP) is 3.78. The lowest BCUT2D eigenvalue weighted by atomic mass is 10.1. The Morgan fingerprint density at radius 2 is 2.05 bits per heavy atom. The van der Waals surface area contributed by atoms with Crippen molar-refractivity contribution in [3.63, 3.8) is 0 Å². The van der Waals surface area contributed by atoms with Gasteiger partial charge in [0, 0.05) is 12.1 Å². The SMILES string of the molecule is C=CC(C)Oc1c(CNCC(C)C)cccc1OCC. The van der Waals surface area contributed by atoms with Crippen LogP contribution in [0.1, 0.15) is 33.3 Å². The highest BCUT2D eigenvalue weighted by atomic mass is 16.5. The van der Waals surface area contributed by atoms with Gasteiger partial charge in [0.1, 0.15) is 6.10 Å². The van der Waals surface area contributed by atoms with Gasteiger partial charge in [-0.1, -0.05) is 38.6 Å². The summed E-state index contributed by atoms with van der Waals surface area (Å²) in [6.45, 7) is 14.5. The average Bonchev–Trinajstić information content (AvgIpc) is 2.41. The highest BCUT2D eigenvalue weighted by molar-refractivity contribution is 5.47. The number of hydrogen-bond acceptors (Lipinski definition) is 3. The molecule has 0 radical (unpaired) electrons. The normalized spacial score (nSPS) is 12.2. The number of ether oxygens (including phenoxy) is 2. The summed E-state index contributed by atoms with van der Waals surface area (Å²) >= 11 is 0. The van der Waals surface area contributed by atoms with Crippen molar-refractivity contribution in [1.82, 2.24) is 5.32 Å². The van der Waals surface area contributed by atoms with Crippen LogP contribution in [0.2, 0.25) is 0 Å². The molecule has 0 saturated heterocycles. The van der Waals surface area contributed by atoms with Gasteiger partial charge in [0.25, 0.3) is 0 Å². The molecule has 1 atom stereocenters. The number of para-hydroxylation sites is 1. The molecule has 0 spiro atoms. The molecule has 0 fully saturated rings. The van der Waals surface area contributed by atoms with Crippen molar-refractivity contribution in [2.24, 2.45) is 5.92 Å². The van der Waals surface area contributed by atoms with E-state index >= 15 is 0 Å². The Labute approximate surface area is 123 Å². The minimum atomic E-state index is -0.0412. The molecule has 1 rings (SSSR count). The van der Waals surface area contributed by atoms with Crippen LogP contribution in [0.25, 0.3) is 0 Å². The second-order valence-electron chi connectivity index (χ2n) is 5.26. The van der Waals surface area contributed by atoms with Crippen LogP contribution in [0.3, 0.4) is 0 Å². The van der Waals surface area contributed by atoms with E-state index in [1.165, 1.54) is 0 Å². The van der Waals surface area contributed by atoms with Crippen molar-refractivity contribution < 1.29 is 9.47 Å². The third kappa shape index (κ3) is 5.25. The van der Waals surface area contributed by atoms with Crippen LogP contribution in [0.15, 0.2) is 30.9 Å². The van der Waals surface area contributed by atoms with E-state index in [1.807, 2.05) is 26.0 Å². The lowest BCUT2D eigenvalue weighted by Gasteiger charge is -2.19. The van der Waals surface area contributed by atoms with Gasteiger partial charge >= 0.3 is 0 Å². The maximum atomic E-state index is 5.95. The molecule has 0 amide bonds. The number of benzene rings is 1. The average molecular weight is 277 g/mol. The summed E-state index contributed by atoms with van der Waals surface area (Å²) in [5, 5.41) is 3.44. The zero-order valence-corrected chi connectivity index (χ0v) is 13.1. The molecule has 0 aromatic heterocycles. The summed E-state index contributed by atoms with van der Waals surface area (Å²) in [6, 6.07) is 6.02. The first-order valence-electron chi connectivity index (χ1n) is 7.33. The Hall–Kier alpha value is -1.48. The third-order valence-corrected chi connectivity index (χ3v) is 2.86. The van der Waals surface area contributed by atoms with E-state index < -0.39 is 0 Å². The molecule has 0 bridgehead atoms. The summed E-state index contributed by atoms with van der Waals surface area (Å²) in [5.41, 5.74) is 1.12. The molecular weight excluding hydrogens is 250 g/mol. The van der Waals surface area contributed by atoms with E-state index in [2.05, 4.69) is 31.8 Å². The first kappa shape index (κ1) is 16.6. The standard InChI is InChI=1S/C17H27NO2/c1-6-14(5)20-17-15(12-18-11-13(3)4)9-8-10-16(17)19-7-2/h6,8-10,13-14,18H,1,7,11-12H2,2-5H3. The fourth-order valence-electron chi connectivity index (χ4n) is 1.83. The van der Waals surface area contributed by atoms with Crippen molar-refractivity contribution in [2.45, 2.75) is 40.3 Å². The molecule has 0 saturated carbocycles. The fourth-order valence-corrected chi connectivity index (χ4v) is 1.83. The van der Waals surface area contributed by atoms with Crippen molar-refractivity contribution in [1.29, 1.82) is 0 Å². The molecule has 1 aromatic carbocycles. The second-order valence-corrected chi connectivity index (χ2v) is 5.26. The quantitative estimate of drug-likeness (QED) is 0.697. The lowest BCUT2D eigenvalue weighted by molar-refractivity contribution is 0.242. The van der Waals surface area contributed by atoms with Gasteiger partial charge < -0.3 is 14.8 Å². The van der Waals surface area contributed by atoms with Crippen molar-refractivity contribution in [2.75, 3.05) is 13.2 Å². The van der Waals surface area contributed by atoms with Crippen LogP contribution >= 0.6 is 0 Å². The molecule has 20 heavy (non-hydrogen) atoms. The summed E-state index contributed by atoms with van der Waals surface area (Å²) in [5.74, 6) is 2.24. The monoisotopic (exact) mass is 277 g/mol. The van der Waals surface area contributed by atoms with E-state index in [0.29, 0.717) is 12.5 Å². The molecule has 1 unspecified atom stereocenters.